The number of nitrogens with zero attached hydrogens (tertiary/aromatic N) is 6. The van der Waals surface area contributed by atoms with Crippen LogP contribution in [0.15, 0.2) is 46.2 Å². The van der Waals surface area contributed by atoms with E-state index in [1.165, 1.54) is 8.61 Å². The first-order chi connectivity index (χ1) is 29.7. The fraction of sp³-hybridized carbons (Fsp3) is 0.644. The van der Waals surface area contributed by atoms with Crippen LogP contribution in [0.1, 0.15) is 91.7 Å². The van der Waals surface area contributed by atoms with E-state index in [0.717, 1.165) is 87.9 Å². The highest BCUT2D eigenvalue weighted by Gasteiger charge is 2.38. The molecule has 0 bridgehead atoms. The molecule has 0 aliphatic carbocycles. The van der Waals surface area contributed by atoms with Gasteiger partial charge in [-0.3, -0.25) is 9.59 Å². The molecule has 0 saturated carbocycles. The molecule has 63 heavy (non-hydrogen) atoms. The number of amides is 1. The van der Waals surface area contributed by atoms with Gasteiger partial charge in [0.05, 0.1) is 43.7 Å². The van der Waals surface area contributed by atoms with Crippen molar-refractivity contribution in [2.45, 2.75) is 114 Å². The maximum atomic E-state index is 13.3. The van der Waals surface area contributed by atoms with Crippen LogP contribution in [-0.4, -0.2) is 121 Å². The molecule has 6 heterocycles. The van der Waals surface area contributed by atoms with Crippen molar-refractivity contribution < 1.29 is 41.0 Å². The van der Waals surface area contributed by atoms with Crippen LogP contribution in [0.5, 0.6) is 0 Å². The van der Waals surface area contributed by atoms with E-state index in [-0.39, 0.29) is 52.1 Å². The minimum absolute atomic E-state index is 0.0150. The van der Waals surface area contributed by atoms with Crippen molar-refractivity contribution in [1.82, 2.24) is 33.0 Å². The van der Waals surface area contributed by atoms with Crippen LogP contribution in [0.3, 0.4) is 0 Å². The first-order valence-electron chi connectivity index (χ1n) is 22.3. The Labute approximate surface area is 371 Å². The summed E-state index contributed by atoms with van der Waals surface area (Å²) in [5.41, 5.74) is 2.90. The van der Waals surface area contributed by atoms with E-state index in [1.54, 1.807) is 31.3 Å². The number of aliphatic carboxylic acids is 1. The number of carboxylic acids is 1. The van der Waals surface area contributed by atoms with Crippen molar-refractivity contribution >= 4 is 54.0 Å². The van der Waals surface area contributed by atoms with Crippen molar-refractivity contribution in [3.8, 4) is 0 Å². The van der Waals surface area contributed by atoms with E-state index in [4.69, 9.17) is 19.4 Å². The van der Waals surface area contributed by atoms with Crippen molar-refractivity contribution in [2.75, 3.05) is 59.7 Å². The Hall–Kier alpha value is -3.94. The second-order valence-electron chi connectivity index (χ2n) is 19.7. The molecule has 4 aliphatic heterocycles. The van der Waals surface area contributed by atoms with E-state index in [1.807, 2.05) is 12.1 Å². The smallest absolute Gasteiger partial charge is 0.307 e. The number of rotatable bonds is 10. The van der Waals surface area contributed by atoms with E-state index in [9.17, 15) is 31.5 Å². The van der Waals surface area contributed by atoms with Gasteiger partial charge in [-0.2, -0.15) is 8.61 Å². The fourth-order valence-electron chi connectivity index (χ4n) is 9.24. The van der Waals surface area contributed by atoms with Crippen molar-refractivity contribution in [3.63, 3.8) is 0 Å². The summed E-state index contributed by atoms with van der Waals surface area (Å²) < 4.78 is 71.0. The lowest BCUT2D eigenvalue weighted by molar-refractivity contribution is -0.141. The molecular weight excluding hydrogens is 847 g/mol. The molecule has 16 nitrogen and oxygen atoms in total. The number of hydrogen-bond donors (Lipinski definition) is 2. The number of carbonyl (C=O) groups is 2. The number of sulfonamides is 2. The first-order valence-corrected chi connectivity index (χ1v) is 25.2. The van der Waals surface area contributed by atoms with Crippen LogP contribution in [0.25, 0.3) is 22.1 Å². The molecule has 0 spiro atoms. The van der Waals surface area contributed by atoms with E-state index >= 15 is 0 Å². The Morgan fingerprint density at radius 3 is 1.43 bits per heavy atom. The summed E-state index contributed by atoms with van der Waals surface area (Å²) in [6, 6.07) is 10.4. The number of carbonyl (C=O) groups excluding carboxylic acids is 1. The SMILES string of the molecule is CC(C)(C)c1nc2cc(S(=O)(=O)N3CCC(C(=O)O)C3)ccc2n1CC1CCOCC1.CNC(=O)C1CCN(S(=O)(=O)c2ccc3c(c2)nc(C(C)(C)C)n3CC2CCOCC2)C1. The molecule has 1 amide bonds. The van der Waals surface area contributed by atoms with Crippen molar-refractivity contribution in [1.29, 1.82) is 0 Å². The third-order valence-corrected chi connectivity index (χ3v) is 16.6. The third-order valence-electron chi connectivity index (χ3n) is 12.9. The Morgan fingerprint density at radius 2 is 1.06 bits per heavy atom. The number of fused-ring (bicyclic) bond motifs is 2. The number of hydrogen-bond acceptors (Lipinski definition) is 10. The summed E-state index contributed by atoms with van der Waals surface area (Å²) in [7, 11) is -5.86. The van der Waals surface area contributed by atoms with Crippen LogP contribution in [0.2, 0.25) is 0 Å². The van der Waals surface area contributed by atoms with Gasteiger partial charge in [-0.1, -0.05) is 41.5 Å². The number of aromatic nitrogens is 4. The Balaban J connectivity index is 0.000000189. The average Bonchev–Trinajstić information content (AvgIpc) is 4.07. The van der Waals surface area contributed by atoms with Gasteiger partial charge in [0.2, 0.25) is 26.0 Å². The highest BCUT2D eigenvalue weighted by Crippen LogP contribution is 2.34. The van der Waals surface area contributed by atoms with Crippen molar-refractivity contribution in [3.05, 3.63) is 48.0 Å². The molecule has 2 aromatic heterocycles. The Morgan fingerprint density at radius 1 is 0.667 bits per heavy atom. The summed E-state index contributed by atoms with van der Waals surface area (Å²) in [5.74, 6) is 0.930. The van der Waals surface area contributed by atoms with Gasteiger partial charge in [-0.05, 0) is 86.8 Å². The zero-order chi connectivity index (χ0) is 45.5. The zero-order valence-corrected chi connectivity index (χ0v) is 39.4. The Kier molecular flexibility index (Phi) is 13.8. The molecule has 4 fully saturated rings. The lowest BCUT2D eigenvalue weighted by Gasteiger charge is -2.26. The molecular formula is C45H65N7O9S2. The monoisotopic (exact) mass is 911 g/mol. The molecule has 2 N–H and O–H groups in total. The molecule has 8 rings (SSSR count). The molecule has 2 unspecified atom stereocenters. The molecule has 4 aliphatic rings. The normalized spacial score (nSPS) is 21.5. The highest BCUT2D eigenvalue weighted by atomic mass is 32.2. The van der Waals surface area contributed by atoms with Crippen LogP contribution >= 0.6 is 0 Å². The maximum Gasteiger partial charge on any atom is 0.307 e. The predicted octanol–water partition coefficient (Wildman–Crippen LogP) is 5.37. The Bertz CT molecular complexity index is 2530. The number of ether oxygens (including phenoxy) is 2. The van der Waals surface area contributed by atoms with Gasteiger partial charge in [0.15, 0.2) is 0 Å². The van der Waals surface area contributed by atoms with Crippen LogP contribution in [-0.2, 0) is 63.0 Å². The zero-order valence-electron chi connectivity index (χ0n) is 37.8. The van der Waals surface area contributed by atoms with Gasteiger partial charge in [-0.25, -0.2) is 26.8 Å². The molecule has 2 aromatic carbocycles. The number of carboxylic acid groups (broad SMARTS) is 1. The minimum Gasteiger partial charge on any atom is -0.481 e. The summed E-state index contributed by atoms with van der Waals surface area (Å²) in [4.78, 5) is 33.3. The topological polar surface area (TPSA) is 195 Å². The largest absolute Gasteiger partial charge is 0.481 e. The second-order valence-corrected chi connectivity index (χ2v) is 23.5. The highest BCUT2D eigenvalue weighted by molar-refractivity contribution is 7.89. The van der Waals surface area contributed by atoms with Gasteiger partial charge in [0.1, 0.15) is 11.6 Å². The van der Waals surface area contributed by atoms with Gasteiger partial charge < -0.3 is 29.0 Å². The summed E-state index contributed by atoms with van der Waals surface area (Å²) >= 11 is 0. The summed E-state index contributed by atoms with van der Waals surface area (Å²) in [5, 5.41) is 11.8. The quantitative estimate of drug-likeness (QED) is 0.208. The van der Waals surface area contributed by atoms with E-state index < -0.39 is 31.9 Å². The lowest BCUT2D eigenvalue weighted by atomic mass is 9.94. The standard InChI is InChI=1S/C23H34N4O4S.C22H31N3O5S/c1-23(2,3)22-25-19-13-18(32(29,30)26-10-7-17(15-26)21(28)24-4)5-6-20(19)27(22)14-16-8-11-31-12-9-16;1-22(2,3)21-23-18-12-17(31(28,29)24-9-6-16(14-24)20(26)27)4-5-19(18)25(21)13-15-7-10-30-11-8-15/h5-6,13,16-17H,7-12,14-15H2,1-4H3,(H,24,28);4-5,12,15-16H,6-11,13-14H2,1-3H3,(H,26,27). The van der Waals surface area contributed by atoms with Crippen LogP contribution < -0.4 is 5.32 Å². The lowest BCUT2D eigenvalue weighted by Crippen LogP contribution is -2.33. The molecule has 0 radical (unpaired) electrons. The van der Waals surface area contributed by atoms with E-state index in [2.05, 4.69) is 56.0 Å². The predicted molar refractivity (Wildman–Crippen MR) is 239 cm³/mol. The second kappa shape index (κ2) is 18.5. The number of nitrogens with one attached hydrogen (secondary N) is 1. The van der Waals surface area contributed by atoms with Crippen molar-refractivity contribution in [2.24, 2.45) is 23.7 Å². The fourth-order valence-corrected chi connectivity index (χ4v) is 12.3. The van der Waals surface area contributed by atoms with Gasteiger partial charge in [-0.15, -0.1) is 0 Å². The average molecular weight is 912 g/mol. The molecule has 18 heteroatoms. The molecule has 4 aromatic rings. The third kappa shape index (κ3) is 10.2. The van der Waals surface area contributed by atoms with Gasteiger partial charge >= 0.3 is 5.97 Å². The molecule has 2 atom stereocenters. The van der Waals surface area contributed by atoms with E-state index in [0.29, 0.717) is 42.3 Å². The van der Waals surface area contributed by atoms with Crippen LogP contribution in [0, 0.1) is 23.7 Å². The minimum atomic E-state index is -3.76. The first kappa shape index (κ1) is 47.0. The van der Waals surface area contributed by atoms with Crippen LogP contribution in [0.4, 0.5) is 0 Å². The number of benzene rings is 2. The number of imidazole rings is 2. The molecule has 4 saturated heterocycles. The molecule has 346 valence electrons. The summed E-state index contributed by atoms with van der Waals surface area (Å²) in [6.45, 7) is 18.4. The summed E-state index contributed by atoms with van der Waals surface area (Å²) in [6.07, 6.45) is 4.94. The van der Waals surface area contributed by atoms with Gasteiger partial charge in [0, 0.05) is 83.6 Å². The maximum absolute atomic E-state index is 13.3. The van der Waals surface area contributed by atoms with Gasteiger partial charge in [0.25, 0.3) is 0 Å².